The molecule has 4 aromatic rings. The van der Waals surface area contributed by atoms with Crippen LogP contribution in [0.2, 0.25) is 0 Å². The molecule has 4 rings (SSSR count). The summed E-state index contributed by atoms with van der Waals surface area (Å²) in [5.74, 6) is 7.29. The van der Waals surface area contributed by atoms with Crippen molar-refractivity contribution >= 4 is 38.6 Å². The van der Waals surface area contributed by atoms with Gasteiger partial charge in [0.25, 0.3) is 5.56 Å². The fourth-order valence-electron chi connectivity index (χ4n) is 2.94. The monoisotopic (exact) mass is 421 g/mol. The van der Waals surface area contributed by atoms with Crippen molar-refractivity contribution in [2.75, 3.05) is 19.0 Å². The number of aromatic nitrogens is 4. The molecule has 0 saturated carbocycles. The predicted molar refractivity (Wildman–Crippen MR) is 110 cm³/mol. The molecule has 0 fully saturated rings. The van der Waals surface area contributed by atoms with E-state index in [-0.39, 0.29) is 12.1 Å². The fraction of sp³-hybridized carbons (Fsp3) is 0.150. The summed E-state index contributed by atoms with van der Waals surface area (Å²) in [4.78, 5) is 15.0. The van der Waals surface area contributed by atoms with Crippen LogP contribution >= 0.6 is 15.9 Å². The molecule has 0 amide bonds. The number of hydrogen-bond acceptors (Lipinski definition) is 4. The lowest BCUT2D eigenvalue weighted by molar-refractivity contribution is 0.800. The Balaban J connectivity index is 1.95. The van der Waals surface area contributed by atoms with E-state index in [1.54, 1.807) is 4.57 Å². The summed E-state index contributed by atoms with van der Waals surface area (Å²) < 4.78 is 4.28. The molecule has 0 aliphatic rings. The minimum atomic E-state index is -0.140. The van der Waals surface area contributed by atoms with E-state index in [1.807, 2.05) is 71.9 Å². The summed E-state index contributed by atoms with van der Waals surface area (Å²) in [5, 5.41) is 9.09. The van der Waals surface area contributed by atoms with Crippen LogP contribution in [0.4, 0.5) is 5.95 Å². The maximum atomic E-state index is 13.1. The minimum absolute atomic E-state index is 0.140. The van der Waals surface area contributed by atoms with E-state index in [9.17, 15) is 4.79 Å². The SMILES string of the molecule is CN(C)c1nnc2n(CC#Cc3ccccc3)c(=O)c3cc(Br)ccc3n12. The molecule has 0 bridgehead atoms. The van der Waals surface area contributed by atoms with E-state index in [0.29, 0.717) is 17.1 Å². The Morgan fingerprint density at radius 3 is 2.63 bits per heavy atom. The van der Waals surface area contributed by atoms with Gasteiger partial charge in [0.1, 0.15) is 0 Å². The molecule has 134 valence electrons. The highest BCUT2D eigenvalue weighted by Crippen LogP contribution is 2.21. The number of benzene rings is 2. The lowest BCUT2D eigenvalue weighted by atomic mass is 10.2. The number of fused-ring (bicyclic) bond motifs is 3. The molecular weight excluding hydrogens is 406 g/mol. The first-order chi connectivity index (χ1) is 13.1. The summed E-state index contributed by atoms with van der Waals surface area (Å²) in [5.41, 5.74) is 1.53. The number of hydrogen-bond donors (Lipinski definition) is 0. The fourth-order valence-corrected chi connectivity index (χ4v) is 3.30. The van der Waals surface area contributed by atoms with Crippen LogP contribution in [0.5, 0.6) is 0 Å². The Morgan fingerprint density at radius 1 is 1.11 bits per heavy atom. The normalized spacial score (nSPS) is 10.8. The molecule has 0 radical (unpaired) electrons. The second-order valence-corrected chi connectivity index (χ2v) is 7.17. The molecule has 0 aliphatic heterocycles. The zero-order valence-electron chi connectivity index (χ0n) is 14.8. The van der Waals surface area contributed by atoms with Crippen LogP contribution in [0.1, 0.15) is 5.56 Å². The van der Waals surface area contributed by atoms with Gasteiger partial charge in [0.2, 0.25) is 11.7 Å². The molecule has 7 heteroatoms. The van der Waals surface area contributed by atoms with Gasteiger partial charge in [0.15, 0.2) is 0 Å². The Labute approximate surface area is 164 Å². The molecule has 2 aromatic heterocycles. The average molecular weight is 422 g/mol. The topological polar surface area (TPSA) is 55.4 Å². The highest BCUT2D eigenvalue weighted by atomic mass is 79.9. The third-order valence-corrected chi connectivity index (χ3v) is 4.68. The van der Waals surface area contributed by atoms with E-state index in [0.717, 1.165) is 15.6 Å². The smallest absolute Gasteiger partial charge is 0.263 e. The molecule has 6 nitrogen and oxygen atoms in total. The van der Waals surface area contributed by atoms with Gasteiger partial charge in [-0.25, -0.2) is 4.40 Å². The minimum Gasteiger partial charge on any atom is -0.347 e. The molecular formula is C20H16BrN5O. The lowest BCUT2D eigenvalue weighted by Gasteiger charge is -2.13. The first-order valence-electron chi connectivity index (χ1n) is 8.34. The molecule has 0 spiro atoms. The third kappa shape index (κ3) is 3.09. The number of nitrogens with zero attached hydrogens (tertiary/aromatic N) is 5. The van der Waals surface area contributed by atoms with Gasteiger partial charge in [0.05, 0.1) is 17.4 Å². The van der Waals surface area contributed by atoms with Gasteiger partial charge in [-0.05, 0) is 30.3 Å². The van der Waals surface area contributed by atoms with E-state index >= 15 is 0 Å². The predicted octanol–water partition coefficient (Wildman–Crippen LogP) is 2.92. The maximum absolute atomic E-state index is 13.1. The zero-order chi connectivity index (χ0) is 19.0. The van der Waals surface area contributed by atoms with Crippen LogP contribution in [-0.2, 0) is 6.54 Å². The Morgan fingerprint density at radius 2 is 1.89 bits per heavy atom. The van der Waals surface area contributed by atoms with Gasteiger partial charge in [-0.3, -0.25) is 9.36 Å². The van der Waals surface area contributed by atoms with Crippen LogP contribution in [-0.4, -0.2) is 33.3 Å². The van der Waals surface area contributed by atoms with Crippen molar-refractivity contribution in [3.63, 3.8) is 0 Å². The zero-order valence-corrected chi connectivity index (χ0v) is 16.4. The lowest BCUT2D eigenvalue weighted by Crippen LogP contribution is -2.24. The largest absolute Gasteiger partial charge is 0.347 e. The van der Waals surface area contributed by atoms with Gasteiger partial charge in [-0.1, -0.05) is 46.0 Å². The van der Waals surface area contributed by atoms with Gasteiger partial charge < -0.3 is 4.90 Å². The summed E-state index contributed by atoms with van der Waals surface area (Å²) >= 11 is 3.45. The van der Waals surface area contributed by atoms with E-state index < -0.39 is 0 Å². The summed E-state index contributed by atoms with van der Waals surface area (Å²) in [7, 11) is 3.79. The highest BCUT2D eigenvalue weighted by molar-refractivity contribution is 9.10. The molecule has 27 heavy (non-hydrogen) atoms. The van der Waals surface area contributed by atoms with E-state index in [4.69, 9.17) is 0 Å². The summed E-state index contributed by atoms with van der Waals surface area (Å²) in [6.45, 7) is 0.227. The average Bonchev–Trinajstić information content (AvgIpc) is 3.10. The van der Waals surface area contributed by atoms with Crippen LogP contribution in [0.15, 0.2) is 57.8 Å². The summed E-state index contributed by atoms with van der Waals surface area (Å²) in [6, 6.07) is 15.3. The Bertz CT molecular complexity index is 1260. The molecule has 0 aliphatic carbocycles. The van der Waals surface area contributed by atoms with Gasteiger partial charge >= 0.3 is 0 Å². The van der Waals surface area contributed by atoms with Crippen molar-refractivity contribution in [3.05, 3.63) is 68.9 Å². The number of anilines is 1. The van der Waals surface area contributed by atoms with Crippen molar-refractivity contribution < 1.29 is 0 Å². The molecule has 2 aromatic carbocycles. The van der Waals surface area contributed by atoms with Crippen molar-refractivity contribution in [3.8, 4) is 11.8 Å². The van der Waals surface area contributed by atoms with Crippen LogP contribution < -0.4 is 10.5 Å². The van der Waals surface area contributed by atoms with Gasteiger partial charge in [-0.15, -0.1) is 10.2 Å². The second kappa shape index (κ2) is 6.89. The molecule has 2 heterocycles. The van der Waals surface area contributed by atoms with Crippen molar-refractivity contribution in [1.29, 1.82) is 0 Å². The third-order valence-electron chi connectivity index (χ3n) is 4.19. The molecule has 0 N–H and O–H groups in total. The van der Waals surface area contributed by atoms with E-state index in [1.165, 1.54) is 0 Å². The van der Waals surface area contributed by atoms with Gasteiger partial charge in [0, 0.05) is 24.1 Å². The van der Waals surface area contributed by atoms with Crippen LogP contribution in [0.25, 0.3) is 16.7 Å². The van der Waals surface area contributed by atoms with Crippen LogP contribution in [0.3, 0.4) is 0 Å². The second-order valence-electron chi connectivity index (χ2n) is 6.25. The van der Waals surface area contributed by atoms with Gasteiger partial charge in [-0.2, -0.15) is 0 Å². The summed E-state index contributed by atoms with van der Waals surface area (Å²) in [6.07, 6.45) is 0. The highest BCUT2D eigenvalue weighted by Gasteiger charge is 2.17. The molecule has 0 unspecified atom stereocenters. The number of halogens is 1. The first kappa shape index (κ1) is 17.3. The van der Waals surface area contributed by atoms with Crippen LogP contribution in [0, 0.1) is 11.8 Å². The standard InChI is InChI=1S/C20H16BrN5O/c1-24(2)19-22-23-20-25(12-6-9-14-7-4-3-5-8-14)18(27)16-13-15(21)10-11-17(16)26(19)20/h3-5,7-8,10-11,13H,12H2,1-2H3. The molecule has 0 saturated heterocycles. The Kier molecular flexibility index (Phi) is 4.42. The quantitative estimate of drug-likeness (QED) is 0.467. The molecule has 0 atom stereocenters. The Hall–Kier alpha value is -3.11. The number of rotatable bonds is 2. The van der Waals surface area contributed by atoms with E-state index in [2.05, 4.69) is 38.0 Å². The van der Waals surface area contributed by atoms with Crippen molar-refractivity contribution in [2.24, 2.45) is 0 Å². The maximum Gasteiger partial charge on any atom is 0.263 e. The van der Waals surface area contributed by atoms with Crippen molar-refractivity contribution in [2.45, 2.75) is 6.54 Å². The van der Waals surface area contributed by atoms with Crippen molar-refractivity contribution in [1.82, 2.24) is 19.2 Å². The first-order valence-corrected chi connectivity index (χ1v) is 9.14.